The molecule has 0 amide bonds. The number of hydrogen-bond acceptors (Lipinski definition) is 8. The summed E-state index contributed by atoms with van der Waals surface area (Å²) in [6.07, 6.45) is 12.9. The van der Waals surface area contributed by atoms with E-state index >= 15 is 4.39 Å². The Kier molecular flexibility index (Phi) is 8.70. The first-order valence-electron chi connectivity index (χ1n) is 14.1. The average Bonchev–Trinajstić information content (AvgIpc) is 2.99. The van der Waals surface area contributed by atoms with Crippen molar-refractivity contribution in [3.8, 4) is 36.2 Å². The molecule has 5 rings (SSSR count). The number of pyridine rings is 1. The monoisotopic (exact) mass is 585 g/mol. The van der Waals surface area contributed by atoms with Crippen LogP contribution in [-0.2, 0) is 4.74 Å². The fourth-order valence-electron chi connectivity index (χ4n) is 5.33. The van der Waals surface area contributed by atoms with Gasteiger partial charge in [-0.3, -0.25) is 4.79 Å². The predicted molar refractivity (Wildman–Crippen MR) is 160 cm³/mol. The van der Waals surface area contributed by atoms with Crippen LogP contribution in [0, 0.1) is 36.4 Å². The molecule has 0 spiro atoms. The summed E-state index contributed by atoms with van der Waals surface area (Å²) in [7, 11) is 2.01. The molecule has 1 fully saturated rings. The summed E-state index contributed by atoms with van der Waals surface area (Å²) < 4.78 is 34.3. The summed E-state index contributed by atoms with van der Waals surface area (Å²) in [6.45, 7) is 4.92. The molecule has 1 atom stereocenters. The van der Waals surface area contributed by atoms with Crippen LogP contribution in [0.25, 0.3) is 10.9 Å². The van der Waals surface area contributed by atoms with Crippen molar-refractivity contribution in [2.24, 2.45) is 5.92 Å². The van der Waals surface area contributed by atoms with Crippen LogP contribution in [0.1, 0.15) is 46.5 Å². The molecule has 222 valence electrons. The van der Waals surface area contributed by atoms with Crippen LogP contribution in [0.4, 0.5) is 10.1 Å². The van der Waals surface area contributed by atoms with E-state index in [1.165, 1.54) is 36.5 Å². The maximum absolute atomic E-state index is 15.6. The van der Waals surface area contributed by atoms with E-state index in [2.05, 4.69) is 16.7 Å². The van der Waals surface area contributed by atoms with Gasteiger partial charge in [0.1, 0.15) is 23.6 Å². The van der Waals surface area contributed by atoms with Crippen molar-refractivity contribution in [3.05, 3.63) is 63.7 Å². The normalized spacial score (nSPS) is 16.3. The van der Waals surface area contributed by atoms with Gasteiger partial charge in [-0.05, 0) is 38.2 Å². The Morgan fingerprint density at radius 1 is 1.12 bits per heavy atom. The molecule has 0 radical (unpaired) electrons. The van der Waals surface area contributed by atoms with Crippen molar-refractivity contribution in [2.75, 3.05) is 51.3 Å². The highest BCUT2D eigenvalue weighted by atomic mass is 19.1. The third-order valence-corrected chi connectivity index (χ3v) is 7.72. The number of carbonyl (C=O) groups is 2. The number of carbonyl (C=O) groups excluding carboxylic acids is 2. The maximum Gasteiger partial charge on any atom is 0.349 e. The van der Waals surface area contributed by atoms with Gasteiger partial charge in [0, 0.05) is 51.1 Å². The van der Waals surface area contributed by atoms with Crippen molar-refractivity contribution < 1.29 is 28.2 Å². The molecule has 0 saturated carbocycles. The highest BCUT2D eigenvalue weighted by Gasteiger charge is 2.31. The third kappa shape index (κ3) is 6.06. The molecule has 2 aliphatic heterocycles. The quantitative estimate of drug-likeness (QED) is 0.224. The van der Waals surface area contributed by atoms with Gasteiger partial charge in [0.25, 0.3) is 0 Å². The number of rotatable bonds is 8. The van der Waals surface area contributed by atoms with Crippen molar-refractivity contribution in [1.29, 1.82) is 0 Å². The average molecular weight is 586 g/mol. The molecule has 43 heavy (non-hydrogen) atoms. The van der Waals surface area contributed by atoms with Gasteiger partial charge in [-0.15, -0.1) is 24.7 Å². The number of likely N-dealkylation sites (N-methyl/N-ethyl adjacent to an activating group) is 1. The van der Waals surface area contributed by atoms with E-state index in [1.54, 1.807) is 4.57 Å². The summed E-state index contributed by atoms with van der Waals surface area (Å²) in [5, 5.41) is 0.0252. The van der Waals surface area contributed by atoms with Crippen LogP contribution >= 0.6 is 0 Å². The van der Waals surface area contributed by atoms with Gasteiger partial charge < -0.3 is 28.6 Å². The molecule has 3 heterocycles. The minimum Gasteiger partial charge on any atom is -0.487 e. The first kappa shape index (κ1) is 29.7. The fraction of sp³-hybridized carbons (Fsp3) is 0.364. The molecular formula is C33H32FN3O6. The number of nitrogens with zero attached hydrogens (tertiary/aromatic N) is 3. The molecule has 3 aromatic rings. The van der Waals surface area contributed by atoms with E-state index in [0.29, 0.717) is 42.9 Å². The second-order valence-electron chi connectivity index (χ2n) is 10.9. The molecule has 1 unspecified atom stereocenters. The Morgan fingerprint density at radius 3 is 2.53 bits per heavy atom. The highest BCUT2D eigenvalue weighted by molar-refractivity contribution is 5.99. The molecular weight excluding hydrogens is 553 g/mol. The molecule has 2 aliphatic rings. The third-order valence-electron chi connectivity index (χ3n) is 7.72. The van der Waals surface area contributed by atoms with E-state index in [4.69, 9.17) is 27.1 Å². The lowest BCUT2D eigenvalue weighted by molar-refractivity contribution is 0.0442. The Morgan fingerprint density at radius 2 is 1.84 bits per heavy atom. The number of halogens is 1. The molecule has 1 saturated heterocycles. The van der Waals surface area contributed by atoms with E-state index < -0.39 is 23.2 Å². The lowest BCUT2D eigenvalue weighted by atomic mass is 10.0. The van der Waals surface area contributed by atoms with Gasteiger partial charge in [-0.2, -0.15) is 0 Å². The fourth-order valence-corrected chi connectivity index (χ4v) is 5.33. The first-order chi connectivity index (χ1) is 20.7. The van der Waals surface area contributed by atoms with Gasteiger partial charge in [0.15, 0.2) is 11.6 Å². The van der Waals surface area contributed by atoms with Gasteiger partial charge in [0.05, 0.1) is 29.1 Å². The number of terminal acetylenes is 2. The lowest BCUT2D eigenvalue weighted by Crippen LogP contribution is -2.45. The standard InChI is InChI=1S/C33H32FN3O6/c1-5-8-22(9-6-2)20-42-32(39)23-10-7-11-24(16-23)43-33(40)26-18-37-21(3)19-41-31-28(37)25(30(26)38)17-27(34)29(31)36-14-12-35(4)13-15-36/h1-2,7,10-11,16-18,21-22H,8-9,12-15,19-20H2,3-4H3. The largest absolute Gasteiger partial charge is 0.487 e. The SMILES string of the molecule is C#CCC(CC#C)COC(=O)c1cccc(OC(=O)c2cn3c4c(c(N5CCN(C)CC5)c(F)cc4c2=O)OCC3C)c1. The van der Waals surface area contributed by atoms with Crippen LogP contribution in [0.3, 0.4) is 0 Å². The Bertz CT molecular complexity index is 1690. The Balaban J connectivity index is 1.42. The van der Waals surface area contributed by atoms with Gasteiger partial charge in [-0.1, -0.05) is 6.07 Å². The maximum atomic E-state index is 15.6. The minimum absolute atomic E-state index is 0.0252. The van der Waals surface area contributed by atoms with E-state index in [9.17, 15) is 14.4 Å². The number of ether oxygens (including phenoxy) is 3. The van der Waals surface area contributed by atoms with Gasteiger partial charge >= 0.3 is 11.9 Å². The highest BCUT2D eigenvalue weighted by Crippen LogP contribution is 2.42. The lowest BCUT2D eigenvalue weighted by Gasteiger charge is -2.37. The van der Waals surface area contributed by atoms with Gasteiger partial charge in [0.2, 0.25) is 5.43 Å². The minimum atomic E-state index is -0.937. The Hall–Kier alpha value is -4.80. The van der Waals surface area contributed by atoms with Crippen molar-refractivity contribution >= 4 is 28.5 Å². The van der Waals surface area contributed by atoms with Crippen molar-refractivity contribution in [1.82, 2.24) is 9.47 Å². The van der Waals surface area contributed by atoms with Crippen LogP contribution in [0.15, 0.2) is 41.3 Å². The van der Waals surface area contributed by atoms with E-state index in [1.807, 2.05) is 18.9 Å². The number of esters is 2. The van der Waals surface area contributed by atoms with Crippen LogP contribution in [0.2, 0.25) is 0 Å². The summed E-state index contributed by atoms with van der Waals surface area (Å²) in [6, 6.07) is 6.80. The molecule has 2 aromatic carbocycles. The summed E-state index contributed by atoms with van der Waals surface area (Å²) >= 11 is 0. The van der Waals surface area contributed by atoms with Crippen molar-refractivity contribution in [3.63, 3.8) is 0 Å². The molecule has 9 nitrogen and oxygen atoms in total. The van der Waals surface area contributed by atoms with E-state index in [-0.39, 0.29) is 47.4 Å². The summed E-state index contributed by atoms with van der Waals surface area (Å²) in [5.41, 5.74) is -0.0383. The van der Waals surface area contributed by atoms with Crippen LogP contribution in [-0.4, -0.2) is 67.8 Å². The first-order valence-corrected chi connectivity index (χ1v) is 14.1. The zero-order valence-corrected chi connectivity index (χ0v) is 24.1. The second-order valence-corrected chi connectivity index (χ2v) is 10.9. The van der Waals surface area contributed by atoms with Crippen molar-refractivity contribution in [2.45, 2.75) is 25.8 Å². The van der Waals surface area contributed by atoms with E-state index in [0.717, 1.165) is 13.1 Å². The Labute approximate surface area is 249 Å². The topological polar surface area (TPSA) is 90.3 Å². The zero-order chi connectivity index (χ0) is 30.7. The van der Waals surface area contributed by atoms with Crippen LogP contribution in [0.5, 0.6) is 11.5 Å². The number of anilines is 1. The number of benzene rings is 2. The molecule has 10 heteroatoms. The number of piperazine rings is 1. The number of hydrogen-bond donors (Lipinski definition) is 0. The molecule has 0 aliphatic carbocycles. The molecule has 1 aromatic heterocycles. The van der Waals surface area contributed by atoms with Crippen LogP contribution < -0.4 is 19.8 Å². The molecule has 0 bridgehead atoms. The van der Waals surface area contributed by atoms with Gasteiger partial charge in [-0.25, -0.2) is 14.0 Å². The second kappa shape index (κ2) is 12.6. The smallest absolute Gasteiger partial charge is 0.349 e. The summed E-state index contributed by atoms with van der Waals surface area (Å²) in [4.78, 5) is 43.6. The summed E-state index contributed by atoms with van der Waals surface area (Å²) in [5.74, 6) is 3.03. The zero-order valence-electron chi connectivity index (χ0n) is 24.1. The predicted octanol–water partition coefficient (Wildman–Crippen LogP) is 3.88. The number of aromatic nitrogens is 1. The molecule has 0 N–H and O–H groups in total.